The van der Waals surface area contributed by atoms with Crippen molar-refractivity contribution in [2.75, 3.05) is 39.6 Å². The maximum absolute atomic E-state index is 13.0. The van der Waals surface area contributed by atoms with Gasteiger partial charge >= 0.3 is 23.9 Å². The molecule has 4 aromatic rings. The van der Waals surface area contributed by atoms with Crippen molar-refractivity contribution in [1.82, 2.24) is 9.97 Å². The molecule has 0 aliphatic carbocycles. The summed E-state index contributed by atoms with van der Waals surface area (Å²) in [6.45, 7) is 8.49. The summed E-state index contributed by atoms with van der Waals surface area (Å²) in [4.78, 5) is 57.1. The van der Waals surface area contributed by atoms with Gasteiger partial charge in [0.2, 0.25) is 0 Å². The van der Waals surface area contributed by atoms with Gasteiger partial charge in [0.1, 0.15) is 11.5 Å². The molecule has 14 nitrogen and oxygen atoms in total. The lowest BCUT2D eigenvalue weighted by atomic mass is 10.1. The van der Waals surface area contributed by atoms with E-state index < -0.39 is 36.5 Å². The van der Waals surface area contributed by atoms with E-state index in [4.69, 9.17) is 37.9 Å². The molecule has 1 aliphatic heterocycles. The lowest BCUT2D eigenvalue weighted by molar-refractivity contribution is -0.288. The summed E-state index contributed by atoms with van der Waals surface area (Å²) in [6, 6.07) is 20.5. The topological polar surface area (TPSA) is 168 Å². The molecule has 0 spiro atoms. The predicted octanol–water partition coefficient (Wildman–Crippen LogP) is 6.30. The maximum Gasteiger partial charge on any atom is 0.340 e. The molecule has 1 aliphatic rings. The molecule has 2 aromatic heterocycles. The molecule has 0 N–H and O–H groups in total. The Hall–Kier alpha value is -6.38. The van der Waals surface area contributed by atoms with E-state index in [-0.39, 0.29) is 24.3 Å². The second-order valence-corrected chi connectivity index (χ2v) is 12.1. The van der Waals surface area contributed by atoms with Crippen LogP contribution in [0.25, 0.3) is 22.5 Å². The molecular formula is C42H42N2O12. The Labute approximate surface area is 324 Å². The highest BCUT2D eigenvalue weighted by atomic mass is 16.8. The molecule has 14 heteroatoms. The Morgan fingerprint density at radius 1 is 0.571 bits per heavy atom. The molecule has 0 radical (unpaired) electrons. The number of rotatable bonds is 20. The highest BCUT2D eigenvalue weighted by molar-refractivity contribution is 5.91. The van der Waals surface area contributed by atoms with E-state index >= 15 is 0 Å². The zero-order valence-corrected chi connectivity index (χ0v) is 30.7. The molecule has 56 heavy (non-hydrogen) atoms. The molecule has 0 bridgehead atoms. The van der Waals surface area contributed by atoms with Gasteiger partial charge in [-0.25, -0.2) is 19.2 Å². The van der Waals surface area contributed by atoms with Crippen molar-refractivity contribution in [3.63, 3.8) is 0 Å². The Morgan fingerprint density at radius 3 is 1.32 bits per heavy atom. The van der Waals surface area contributed by atoms with Crippen molar-refractivity contribution < 1.29 is 57.1 Å². The second-order valence-electron chi connectivity index (χ2n) is 12.1. The minimum atomic E-state index is -1.28. The first-order valence-corrected chi connectivity index (χ1v) is 17.9. The predicted molar refractivity (Wildman–Crippen MR) is 201 cm³/mol. The zero-order chi connectivity index (χ0) is 39.5. The molecule has 3 heterocycles. The summed E-state index contributed by atoms with van der Waals surface area (Å²) in [5.74, 6) is -1.08. The summed E-state index contributed by atoms with van der Waals surface area (Å²) >= 11 is 0. The van der Waals surface area contributed by atoms with E-state index in [1.165, 1.54) is 0 Å². The smallest absolute Gasteiger partial charge is 0.340 e. The minimum Gasteiger partial charge on any atom is -0.492 e. The van der Waals surface area contributed by atoms with Crippen molar-refractivity contribution in [2.45, 2.75) is 38.3 Å². The van der Waals surface area contributed by atoms with Gasteiger partial charge in [-0.05, 0) is 74.2 Å². The molecular weight excluding hydrogens is 724 g/mol. The highest BCUT2D eigenvalue weighted by Gasteiger charge is 2.34. The lowest BCUT2D eigenvalue weighted by Gasteiger charge is -2.30. The number of benzene rings is 2. The SMILES string of the molecule is C=CC(=O)OCCCCOc1ccc(-c2ccc(C(=O)OC3OCCOC3OC(=O)c3ccc(-c4ccc(OCCCCOC(=O)C=C)cn4)cc3)cc2)nc1. The average molecular weight is 767 g/mol. The first kappa shape index (κ1) is 40.8. The van der Waals surface area contributed by atoms with Crippen molar-refractivity contribution in [3.05, 3.63) is 122 Å². The van der Waals surface area contributed by atoms with Gasteiger partial charge in [-0.3, -0.25) is 9.97 Å². The average Bonchev–Trinajstić information content (AvgIpc) is 3.24. The van der Waals surface area contributed by atoms with Crippen LogP contribution in [0.3, 0.4) is 0 Å². The Bertz CT molecular complexity index is 1770. The van der Waals surface area contributed by atoms with Crippen LogP contribution in [0.5, 0.6) is 11.5 Å². The summed E-state index contributed by atoms with van der Waals surface area (Å²) in [7, 11) is 0. The normalized spacial score (nSPS) is 14.8. The number of unbranched alkanes of at least 4 members (excludes halogenated alkanes) is 2. The third-order valence-electron chi connectivity index (χ3n) is 8.06. The monoisotopic (exact) mass is 766 g/mol. The quantitative estimate of drug-likeness (QED) is 0.0425. The van der Waals surface area contributed by atoms with Crippen molar-refractivity contribution in [3.8, 4) is 34.0 Å². The molecule has 2 unspecified atom stereocenters. The van der Waals surface area contributed by atoms with Crippen LogP contribution in [0.1, 0.15) is 46.4 Å². The number of hydrogen-bond donors (Lipinski definition) is 0. The Balaban J connectivity index is 1.06. The van der Waals surface area contributed by atoms with Gasteiger partial charge < -0.3 is 37.9 Å². The van der Waals surface area contributed by atoms with E-state index in [1.807, 2.05) is 0 Å². The Kier molecular flexibility index (Phi) is 15.7. The van der Waals surface area contributed by atoms with Crippen molar-refractivity contribution >= 4 is 23.9 Å². The summed E-state index contributed by atoms with van der Waals surface area (Å²) in [5.41, 5.74) is 3.38. The van der Waals surface area contributed by atoms with Gasteiger partial charge in [0.25, 0.3) is 12.6 Å². The number of ether oxygens (including phenoxy) is 8. The largest absolute Gasteiger partial charge is 0.492 e. The molecule has 1 saturated heterocycles. The molecule has 0 amide bonds. The van der Waals surface area contributed by atoms with Crippen LogP contribution in [0, 0.1) is 0 Å². The van der Waals surface area contributed by atoms with E-state index in [0.717, 1.165) is 23.3 Å². The molecule has 2 aromatic carbocycles. The van der Waals surface area contributed by atoms with Crippen LogP contribution in [0.4, 0.5) is 0 Å². The zero-order valence-electron chi connectivity index (χ0n) is 30.7. The van der Waals surface area contributed by atoms with Crippen LogP contribution in [-0.4, -0.2) is 86.1 Å². The molecule has 2 atom stereocenters. The van der Waals surface area contributed by atoms with Gasteiger partial charge in [0.15, 0.2) is 0 Å². The number of pyridine rings is 2. The third kappa shape index (κ3) is 12.6. The third-order valence-corrected chi connectivity index (χ3v) is 8.06. The summed E-state index contributed by atoms with van der Waals surface area (Å²) < 4.78 is 43.6. The number of aromatic nitrogens is 2. The fraction of sp³-hybridized carbons (Fsp3) is 0.286. The number of carbonyl (C=O) groups excluding carboxylic acids is 4. The number of esters is 4. The summed E-state index contributed by atoms with van der Waals surface area (Å²) in [6.07, 6.45) is 5.64. The standard InChI is InChI=1S/C42H42N2O12/c1-3-37(45)51-23-7-5-21-49-33-17-19-35(43-27-33)29-9-13-31(14-10-29)39(47)55-41-42(54-26-25-53-41)56-40(48)32-15-11-30(12-16-32)36-20-18-34(28-44-36)50-22-6-8-24-52-38(46)4-2/h3-4,9-20,27-28,41-42H,1-2,5-8,21-26H2. The van der Waals surface area contributed by atoms with Crippen LogP contribution in [0.2, 0.25) is 0 Å². The fourth-order valence-electron chi connectivity index (χ4n) is 5.09. The van der Waals surface area contributed by atoms with Crippen molar-refractivity contribution in [2.24, 2.45) is 0 Å². The highest BCUT2D eigenvalue weighted by Crippen LogP contribution is 2.24. The van der Waals surface area contributed by atoms with Gasteiger partial charge in [-0.1, -0.05) is 37.4 Å². The van der Waals surface area contributed by atoms with Crippen LogP contribution < -0.4 is 9.47 Å². The lowest BCUT2D eigenvalue weighted by Crippen LogP contribution is -2.44. The first-order valence-electron chi connectivity index (χ1n) is 17.9. The van der Waals surface area contributed by atoms with Crippen molar-refractivity contribution in [1.29, 1.82) is 0 Å². The van der Waals surface area contributed by atoms with Crippen LogP contribution >= 0.6 is 0 Å². The maximum atomic E-state index is 13.0. The fourth-order valence-corrected chi connectivity index (χ4v) is 5.09. The minimum absolute atomic E-state index is 0.139. The van der Waals surface area contributed by atoms with Crippen LogP contribution in [0.15, 0.2) is 111 Å². The van der Waals surface area contributed by atoms with Crippen LogP contribution in [-0.2, 0) is 38.0 Å². The van der Waals surface area contributed by atoms with Gasteiger partial charge in [0.05, 0.1) is 74.5 Å². The van der Waals surface area contributed by atoms with Gasteiger partial charge in [-0.2, -0.15) is 0 Å². The number of hydrogen-bond acceptors (Lipinski definition) is 14. The molecule has 1 fully saturated rings. The number of nitrogens with zero attached hydrogens (tertiary/aromatic N) is 2. The van der Waals surface area contributed by atoms with Gasteiger partial charge in [-0.15, -0.1) is 0 Å². The number of carbonyl (C=O) groups is 4. The first-order chi connectivity index (χ1) is 27.3. The summed E-state index contributed by atoms with van der Waals surface area (Å²) in [5, 5.41) is 0. The molecule has 0 saturated carbocycles. The molecule has 5 rings (SSSR count). The Morgan fingerprint density at radius 2 is 0.964 bits per heavy atom. The second kappa shape index (κ2) is 21.5. The van der Waals surface area contributed by atoms with E-state index in [0.29, 0.717) is 75.0 Å². The van der Waals surface area contributed by atoms with E-state index in [2.05, 4.69) is 23.1 Å². The van der Waals surface area contributed by atoms with E-state index in [1.54, 1.807) is 85.2 Å². The van der Waals surface area contributed by atoms with Gasteiger partial charge in [0, 0.05) is 23.3 Å². The van der Waals surface area contributed by atoms with E-state index in [9.17, 15) is 19.2 Å². The molecule has 292 valence electrons.